The molecule has 0 spiro atoms. The summed E-state index contributed by atoms with van der Waals surface area (Å²) in [5.74, 6) is 2.01. The normalized spacial score (nSPS) is 21.7. The maximum Gasteiger partial charge on any atom is 0.194 e. The predicted octanol–water partition coefficient (Wildman–Crippen LogP) is 1.94. The number of ether oxygens (including phenoxy) is 2. The van der Waals surface area contributed by atoms with Gasteiger partial charge >= 0.3 is 0 Å². The Morgan fingerprint density at radius 2 is 2.19 bits per heavy atom. The van der Waals surface area contributed by atoms with Crippen LogP contribution in [0.3, 0.4) is 0 Å². The largest absolute Gasteiger partial charge is 0.383 e. The number of guanidine groups is 1. The Kier molecular flexibility index (Phi) is 9.30. The number of aromatic nitrogens is 1. The van der Waals surface area contributed by atoms with Crippen molar-refractivity contribution < 1.29 is 9.47 Å². The fraction of sp³-hybridized carbons (Fsp3) is 0.684. The molecule has 0 aliphatic carbocycles. The van der Waals surface area contributed by atoms with Crippen molar-refractivity contribution in [2.45, 2.75) is 31.9 Å². The molecule has 0 bridgehead atoms. The molecular formula is C19H32BrN5O2. The van der Waals surface area contributed by atoms with Crippen molar-refractivity contribution in [1.29, 1.82) is 0 Å². The van der Waals surface area contributed by atoms with Crippen molar-refractivity contribution in [3.8, 4) is 0 Å². The summed E-state index contributed by atoms with van der Waals surface area (Å²) in [4.78, 5) is 14.0. The highest BCUT2D eigenvalue weighted by molar-refractivity contribution is 8.93. The van der Waals surface area contributed by atoms with Gasteiger partial charge in [-0.05, 0) is 31.9 Å². The zero-order valence-electron chi connectivity index (χ0n) is 16.3. The van der Waals surface area contributed by atoms with Crippen molar-refractivity contribution in [2.24, 2.45) is 4.99 Å². The number of anilines is 1. The Morgan fingerprint density at radius 3 is 2.81 bits per heavy atom. The minimum absolute atomic E-state index is 0. The van der Waals surface area contributed by atoms with E-state index in [1.165, 1.54) is 0 Å². The van der Waals surface area contributed by atoms with Crippen LogP contribution in [0.15, 0.2) is 29.4 Å². The number of nitrogens with zero attached hydrogens (tertiary/aromatic N) is 4. The van der Waals surface area contributed by atoms with Gasteiger partial charge in [0.25, 0.3) is 0 Å². The van der Waals surface area contributed by atoms with Gasteiger partial charge in [0.15, 0.2) is 5.96 Å². The number of halogens is 1. The summed E-state index contributed by atoms with van der Waals surface area (Å²) in [6, 6.07) is 6.28. The number of nitrogens with one attached hydrogen (secondary N) is 1. The predicted molar refractivity (Wildman–Crippen MR) is 114 cm³/mol. The molecule has 0 saturated carbocycles. The molecule has 1 unspecified atom stereocenters. The minimum Gasteiger partial charge on any atom is -0.383 e. The molecule has 2 fully saturated rings. The average Bonchev–Trinajstić information content (AvgIpc) is 3.20. The maximum absolute atomic E-state index is 5.72. The van der Waals surface area contributed by atoms with E-state index >= 15 is 0 Å². The van der Waals surface area contributed by atoms with Crippen LogP contribution in [-0.4, -0.2) is 81.0 Å². The Bertz CT molecular complexity index is 560. The van der Waals surface area contributed by atoms with Crippen LogP contribution >= 0.6 is 17.0 Å². The summed E-state index contributed by atoms with van der Waals surface area (Å²) in [5.41, 5.74) is 0. The first-order valence-electron chi connectivity index (χ1n) is 9.58. The molecule has 8 heteroatoms. The fourth-order valence-electron chi connectivity index (χ4n) is 3.41. The summed E-state index contributed by atoms with van der Waals surface area (Å²) in [6.45, 7) is 8.10. The third-order valence-corrected chi connectivity index (χ3v) is 4.81. The second-order valence-electron chi connectivity index (χ2n) is 6.96. The Hall–Kier alpha value is -1.38. The lowest BCUT2D eigenvalue weighted by Crippen LogP contribution is -2.54. The second-order valence-corrected chi connectivity index (χ2v) is 6.96. The quantitative estimate of drug-likeness (QED) is 0.537. The lowest BCUT2D eigenvalue weighted by molar-refractivity contribution is 0.117. The summed E-state index contributed by atoms with van der Waals surface area (Å²) < 4.78 is 11.0. The van der Waals surface area contributed by atoms with Gasteiger partial charge in [0.1, 0.15) is 5.82 Å². The van der Waals surface area contributed by atoms with E-state index in [-0.39, 0.29) is 29.1 Å². The van der Waals surface area contributed by atoms with Crippen LogP contribution in [0.1, 0.15) is 19.8 Å². The lowest BCUT2D eigenvalue weighted by atomic mass is 10.2. The van der Waals surface area contributed by atoms with Crippen molar-refractivity contribution in [3.63, 3.8) is 0 Å². The Labute approximate surface area is 172 Å². The van der Waals surface area contributed by atoms with E-state index in [1.54, 1.807) is 7.11 Å². The Balaban J connectivity index is 0.00000261. The molecule has 2 aliphatic heterocycles. The van der Waals surface area contributed by atoms with Crippen LogP contribution in [0.4, 0.5) is 5.82 Å². The summed E-state index contributed by atoms with van der Waals surface area (Å²) in [5, 5.41) is 3.53. The summed E-state index contributed by atoms with van der Waals surface area (Å²) >= 11 is 0. The molecule has 7 nitrogen and oxygen atoms in total. The van der Waals surface area contributed by atoms with Crippen LogP contribution in [0, 0.1) is 0 Å². The molecule has 1 aromatic heterocycles. The number of pyridine rings is 1. The summed E-state index contributed by atoms with van der Waals surface area (Å²) in [6.07, 6.45) is 4.37. The molecular weight excluding hydrogens is 410 g/mol. The fourth-order valence-corrected chi connectivity index (χ4v) is 3.41. The molecule has 3 rings (SSSR count). The number of aliphatic imine (C=N–C) groups is 1. The van der Waals surface area contributed by atoms with Gasteiger partial charge in [0.2, 0.25) is 0 Å². The van der Waals surface area contributed by atoms with Gasteiger partial charge in [-0.3, -0.25) is 4.99 Å². The van der Waals surface area contributed by atoms with E-state index in [0.717, 1.165) is 63.9 Å². The molecule has 1 aromatic rings. The van der Waals surface area contributed by atoms with Gasteiger partial charge in [-0.15, -0.1) is 17.0 Å². The van der Waals surface area contributed by atoms with E-state index in [1.807, 2.05) is 18.3 Å². The van der Waals surface area contributed by atoms with Crippen LogP contribution in [0.5, 0.6) is 0 Å². The smallest absolute Gasteiger partial charge is 0.194 e. The molecule has 27 heavy (non-hydrogen) atoms. The van der Waals surface area contributed by atoms with Crippen LogP contribution in [0.25, 0.3) is 0 Å². The number of piperazine rings is 1. The summed E-state index contributed by atoms with van der Waals surface area (Å²) in [7, 11) is 1.73. The van der Waals surface area contributed by atoms with Gasteiger partial charge < -0.3 is 24.6 Å². The monoisotopic (exact) mass is 441 g/mol. The first kappa shape index (κ1) is 21.9. The molecule has 2 saturated heterocycles. The molecule has 0 aromatic carbocycles. The first-order valence-corrected chi connectivity index (χ1v) is 9.58. The van der Waals surface area contributed by atoms with Gasteiger partial charge in [-0.2, -0.15) is 0 Å². The van der Waals surface area contributed by atoms with Crippen LogP contribution in [0.2, 0.25) is 0 Å². The molecule has 0 radical (unpaired) electrons. The molecule has 2 atom stereocenters. The third kappa shape index (κ3) is 6.62. The van der Waals surface area contributed by atoms with E-state index in [9.17, 15) is 0 Å². The van der Waals surface area contributed by atoms with Crippen LogP contribution in [-0.2, 0) is 9.47 Å². The van der Waals surface area contributed by atoms with Gasteiger partial charge in [-0.1, -0.05) is 6.07 Å². The highest BCUT2D eigenvalue weighted by Gasteiger charge is 2.22. The lowest BCUT2D eigenvalue weighted by Gasteiger charge is -2.38. The topological polar surface area (TPSA) is 62.2 Å². The van der Waals surface area contributed by atoms with Crippen LogP contribution < -0.4 is 10.2 Å². The van der Waals surface area contributed by atoms with Crippen molar-refractivity contribution in [3.05, 3.63) is 24.4 Å². The van der Waals surface area contributed by atoms with Crippen molar-refractivity contribution >= 4 is 28.8 Å². The SMILES string of the molecule is Br.COCC(C)NC(=NC[C@H]1CCCO1)N1CCN(c2ccccn2)CC1. The number of methoxy groups -OCH3 is 1. The van der Waals surface area contributed by atoms with E-state index in [0.29, 0.717) is 6.61 Å². The second kappa shape index (κ2) is 11.5. The molecule has 1 N–H and O–H groups in total. The average molecular weight is 442 g/mol. The van der Waals surface area contributed by atoms with Gasteiger partial charge in [0.05, 0.1) is 19.3 Å². The standard InChI is InChI=1S/C19H31N5O2.BrH/c1-16(15-25-2)22-19(21-14-17-6-5-13-26-17)24-11-9-23(10-12-24)18-7-3-4-8-20-18;/h3-4,7-8,16-17H,5-6,9-15H2,1-2H3,(H,21,22);1H/t16?,17-;/m1./s1. The number of rotatable bonds is 6. The number of hydrogen-bond acceptors (Lipinski definition) is 5. The van der Waals surface area contributed by atoms with Gasteiger partial charge in [-0.25, -0.2) is 4.98 Å². The minimum atomic E-state index is 0. The highest BCUT2D eigenvalue weighted by Crippen LogP contribution is 2.14. The van der Waals surface area contributed by atoms with E-state index in [2.05, 4.69) is 33.1 Å². The van der Waals surface area contributed by atoms with Crippen molar-refractivity contribution in [2.75, 3.05) is 57.9 Å². The highest BCUT2D eigenvalue weighted by atomic mass is 79.9. The molecule has 0 amide bonds. The van der Waals surface area contributed by atoms with E-state index < -0.39 is 0 Å². The molecule has 152 valence electrons. The number of hydrogen-bond donors (Lipinski definition) is 1. The van der Waals surface area contributed by atoms with Crippen molar-refractivity contribution in [1.82, 2.24) is 15.2 Å². The molecule has 3 heterocycles. The molecule has 2 aliphatic rings. The zero-order valence-corrected chi connectivity index (χ0v) is 18.1. The van der Waals surface area contributed by atoms with Gasteiger partial charge in [0, 0.05) is 52.1 Å². The maximum atomic E-state index is 5.72. The zero-order chi connectivity index (χ0) is 18.2. The first-order chi connectivity index (χ1) is 12.8. The van der Waals surface area contributed by atoms with E-state index in [4.69, 9.17) is 14.5 Å². The third-order valence-electron chi connectivity index (χ3n) is 4.81. The Morgan fingerprint density at radius 1 is 1.37 bits per heavy atom.